The van der Waals surface area contributed by atoms with Gasteiger partial charge in [-0.15, -0.1) is 0 Å². The number of hydrogen-bond donors (Lipinski definition) is 3. The Labute approximate surface area is 168 Å². The van der Waals surface area contributed by atoms with Gasteiger partial charge >= 0.3 is 12.0 Å². The smallest absolute Gasteiger partial charge is 0.328 e. The Morgan fingerprint density at radius 2 is 2.21 bits per heavy atom. The van der Waals surface area contributed by atoms with E-state index in [9.17, 15) is 14.7 Å². The average Bonchev–Trinajstić information content (AvgIpc) is 3.25. The summed E-state index contributed by atoms with van der Waals surface area (Å²) in [7, 11) is 0. The molecule has 0 saturated carbocycles. The van der Waals surface area contributed by atoms with Crippen LogP contribution < -0.4 is 10.2 Å². The number of carbonyl (C=O) groups is 2. The highest BCUT2D eigenvalue weighted by molar-refractivity contribution is 6.17. The summed E-state index contributed by atoms with van der Waals surface area (Å²) in [6.45, 7) is 5.78. The maximum absolute atomic E-state index is 13.0. The molecule has 8 heteroatoms. The van der Waals surface area contributed by atoms with Gasteiger partial charge in [-0.05, 0) is 56.7 Å². The third-order valence-electron chi connectivity index (χ3n) is 5.89. The van der Waals surface area contributed by atoms with Crippen LogP contribution in [0.3, 0.4) is 0 Å². The second-order valence-electron chi connectivity index (χ2n) is 7.95. The molecular weight excluding hydrogens is 370 g/mol. The quantitative estimate of drug-likeness (QED) is 0.690. The first-order valence-electron chi connectivity index (χ1n) is 9.86. The maximum Gasteiger partial charge on any atom is 0.328 e. The largest absolute Gasteiger partial charge is 0.480 e. The Morgan fingerprint density at radius 3 is 2.93 bits per heavy atom. The van der Waals surface area contributed by atoms with Crippen molar-refractivity contribution in [1.29, 1.82) is 0 Å². The number of allylic oxidation sites excluding steroid dienone is 2. The number of aromatic amines is 1. The van der Waals surface area contributed by atoms with Crippen molar-refractivity contribution in [3.05, 3.63) is 36.2 Å². The van der Waals surface area contributed by atoms with E-state index in [1.54, 1.807) is 11.2 Å². The number of nitrogens with zero attached hydrogens (tertiary/aromatic N) is 3. The van der Waals surface area contributed by atoms with Gasteiger partial charge in [-0.1, -0.05) is 18.6 Å². The normalized spacial score (nSPS) is 27.2. The lowest BCUT2D eigenvalue weighted by atomic mass is 9.77. The van der Waals surface area contributed by atoms with Gasteiger partial charge in [0.05, 0.1) is 23.4 Å². The van der Waals surface area contributed by atoms with Crippen LogP contribution in [0.25, 0.3) is 11.0 Å². The lowest BCUT2D eigenvalue weighted by Crippen LogP contribution is -2.44. The van der Waals surface area contributed by atoms with Crippen LogP contribution in [0.1, 0.15) is 33.6 Å². The molecule has 8 nitrogen and oxygen atoms in total. The number of carboxylic acid groups (broad SMARTS) is 1. The van der Waals surface area contributed by atoms with E-state index in [1.807, 2.05) is 18.2 Å². The van der Waals surface area contributed by atoms with E-state index < -0.39 is 12.0 Å². The first-order chi connectivity index (χ1) is 13.8. The predicted molar refractivity (Wildman–Crippen MR) is 111 cm³/mol. The Balaban J connectivity index is 1.79. The number of benzene rings is 1. The molecule has 152 valence electrons. The molecule has 29 heavy (non-hydrogen) atoms. The lowest BCUT2D eigenvalue weighted by Gasteiger charge is -2.36. The Bertz CT molecular complexity index is 1020. The zero-order valence-corrected chi connectivity index (χ0v) is 16.7. The predicted octanol–water partition coefficient (Wildman–Crippen LogP) is 3.33. The summed E-state index contributed by atoms with van der Waals surface area (Å²) in [5.74, 6) is -0.221. The zero-order chi connectivity index (χ0) is 20.7. The molecule has 1 aromatic heterocycles. The number of imidazole rings is 1. The van der Waals surface area contributed by atoms with Gasteiger partial charge < -0.3 is 10.1 Å². The number of aliphatic carboxylic acids is 1. The zero-order valence-electron chi connectivity index (χ0n) is 16.7. The van der Waals surface area contributed by atoms with Gasteiger partial charge in [0.15, 0.2) is 0 Å². The maximum atomic E-state index is 13.0. The summed E-state index contributed by atoms with van der Waals surface area (Å²) in [5, 5.41) is 12.1. The topological polar surface area (TPSA) is 111 Å². The van der Waals surface area contributed by atoms with Gasteiger partial charge in [-0.25, -0.2) is 14.6 Å². The number of carbonyl (C=O) groups excluding carboxylic acids is 1. The molecule has 0 radical (unpaired) electrons. The Hall–Kier alpha value is -3.16. The lowest BCUT2D eigenvalue weighted by molar-refractivity contribution is -0.138. The van der Waals surface area contributed by atoms with Crippen molar-refractivity contribution >= 4 is 34.6 Å². The number of hydrogen-bond acceptors (Lipinski definition) is 4. The second-order valence-corrected chi connectivity index (χ2v) is 7.95. The van der Waals surface area contributed by atoms with Crippen molar-refractivity contribution in [2.24, 2.45) is 16.8 Å². The molecular formula is C21H25N5O3. The summed E-state index contributed by atoms with van der Waals surface area (Å²) in [6, 6.07) is 4.07. The summed E-state index contributed by atoms with van der Waals surface area (Å²) in [4.78, 5) is 37.8. The first kappa shape index (κ1) is 19.2. The van der Waals surface area contributed by atoms with E-state index in [0.29, 0.717) is 5.84 Å². The number of anilines is 1. The Morgan fingerprint density at radius 1 is 1.41 bits per heavy atom. The number of nitrogens with one attached hydrogen (secondary N) is 2. The van der Waals surface area contributed by atoms with Gasteiger partial charge in [-0.2, -0.15) is 0 Å². The average molecular weight is 395 g/mol. The fraction of sp³-hybridized carbons (Fsp3) is 0.429. The van der Waals surface area contributed by atoms with E-state index >= 15 is 0 Å². The van der Waals surface area contributed by atoms with E-state index in [1.165, 1.54) is 12.5 Å². The molecule has 0 bridgehead atoms. The molecule has 2 aliphatic rings. The van der Waals surface area contributed by atoms with Crippen molar-refractivity contribution in [2.45, 2.75) is 45.7 Å². The van der Waals surface area contributed by atoms with E-state index in [0.717, 1.165) is 29.6 Å². The summed E-state index contributed by atoms with van der Waals surface area (Å²) < 4.78 is 0. The van der Waals surface area contributed by atoms with Crippen LogP contribution in [0, 0.1) is 11.8 Å². The van der Waals surface area contributed by atoms with Gasteiger partial charge in [-0.3, -0.25) is 15.2 Å². The highest BCUT2D eigenvalue weighted by Gasteiger charge is 2.45. The molecule has 1 saturated heterocycles. The van der Waals surface area contributed by atoms with Crippen LogP contribution >= 0.6 is 0 Å². The van der Waals surface area contributed by atoms with Crippen molar-refractivity contribution in [3.8, 4) is 0 Å². The van der Waals surface area contributed by atoms with Crippen LogP contribution in [-0.4, -0.2) is 45.0 Å². The number of carboxylic acids is 1. The molecule has 2 heterocycles. The molecule has 1 aromatic carbocycles. The molecule has 1 aliphatic carbocycles. The van der Waals surface area contributed by atoms with Crippen LogP contribution in [-0.2, 0) is 4.79 Å². The Kier molecular flexibility index (Phi) is 4.86. The second kappa shape index (κ2) is 7.35. The number of fused-ring (bicyclic) bond motifs is 1. The minimum Gasteiger partial charge on any atom is -0.480 e. The highest BCUT2D eigenvalue weighted by atomic mass is 16.4. The van der Waals surface area contributed by atoms with E-state index in [-0.39, 0.29) is 23.9 Å². The summed E-state index contributed by atoms with van der Waals surface area (Å²) in [6.07, 6.45) is 5.72. The number of amidine groups is 1. The standard InChI is InChI=1S/C21H25N5O3/c1-11-4-6-15(12(2)8-11)18-19(24-13(3)20(27)28)25-21(29)26(18)14-5-7-16-17(9-14)23-10-22-16/h5,7-10,12-13,15,18H,4,6H2,1-3H3,(H,22,23)(H,27,28)(H,24,25,29). The van der Waals surface area contributed by atoms with Crippen molar-refractivity contribution in [1.82, 2.24) is 15.3 Å². The van der Waals surface area contributed by atoms with Crippen LogP contribution in [0.15, 0.2) is 41.2 Å². The van der Waals surface area contributed by atoms with Crippen LogP contribution in [0.5, 0.6) is 0 Å². The SMILES string of the molecule is CC1=CC(C)C(C2C(=NC(C)C(=O)O)NC(=O)N2c2ccc3[nH]cnc3c2)CC1. The minimum atomic E-state index is -1.02. The van der Waals surface area contributed by atoms with Gasteiger partial charge in [0.2, 0.25) is 0 Å². The number of aliphatic imine (C=N–C) groups is 1. The minimum absolute atomic E-state index is 0.132. The van der Waals surface area contributed by atoms with Crippen molar-refractivity contribution in [2.75, 3.05) is 4.90 Å². The molecule has 4 rings (SSSR count). The monoisotopic (exact) mass is 395 g/mol. The first-order valence-corrected chi connectivity index (χ1v) is 9.86. The molecule has 2 aromatic rings. The number of aromatic nitrogens is 2. The number of rotatable bonds is 4. The van der Waals surface area contributed by atoms with Gasteiger partial charge in [0.1, 0.15) is 11.9 Å². The molecule has 3 N–H and O–H groups in total. The van der Waals surface area contributed by atoms with E-state index in [4.69, 9.17) is 0 Å². The number of H-pyrrole nitrogens is 1. The number of urea groups is 1. The molecule has 1 aliphatic heterocycles. The summed E-state index contributed by atoms with van der Waals surface area (Å²) >= 11 is 0. The van der Waals surface area contributed by atoms with Crippen molar-refractivity contribution < 1.29 is 14.7 Å². The van der Waals surface area contributed by atoms with E-state index in [2.05, 4.69) is 40.2 Å². The van der Waals surface area contributed by atoms with Gasteiger partial charge in [0.25, 0.3) is 0 Å². The number of amides is 2. The molecule has 4 atom stereocenters. The molecule has 0 spiro atoms. The highest BCUT2D eigenvalue weighted by Crippen LogP contribution is 2.37. The fourth-order valence-electron chi connectivity index (χ4n) is 4.37. The fourth-order valence-corrected chi connectivity index (χ4v) is 4.37. The van der Waals surface area contributed by atoms with Crippen molar-refractivity contribution in [3.63, 3.8) is 0 Å². The molecule has 1 fully saturated rings. The van der Waals surface area contributed by atoms with Crippen LogP contribution in [0.2, 0.25) is 0 Å². The third-order valence-corrected chi connectivity index (χ3v) is 5.89. The van der Waals surface area contributed by atoms with Crippen LogP contribution in [0.4, 0.5) is 10.5 Å². The van der Waals surface area contributed by atoms with Gasteiger partial charge in [0, 0.05) is 5.69 Å². The summed E-state index contributed by atoms with van der Waals surface area (Å²) in [5.41, 5.74) is 3.72. The molecule has 2 amide bonds. The molecule has 4 unspecified atom stereocenters. The third kappa shape index (κ3) is 3.50.